The Balaban J connectivity index is 3.40. The smallest absolute Gasteiger partial charge is 0.246 e. The molecule has 0 fully saturated rings. The summed E-state index contributed by atoms with van der Waals surface area (Å²) in [7, 11) is -3.70. The number of nitrogen functional groups attached to an aromatic ring is 1. The van der Waals surface area contributed by atoms with Crippen molar-refractivity contribution in [2.24, 2.45) is 5.92 Å². The molecule has 21 heavy (non-hydrogen) atoms. The average Bonchev–Trinajstić information content (AvgIpc) is 2.38. The highest BCUT2D eigenvalue weighted by molar-refractivity contribution is 7.89. The highest BCUT2D eigenvalue weighted by atomic mass is 35.5. The molecule has 1 aromatic rings. The Labute approximate surface area is 133 Å². The van der Waals surface area contributed by atoms with E-state index in [2.05, 4.69) is 0 Å². The predicted octanol–water partition coefficient (Wildman–Crippen LogP) is 3.76. The van der Waals surface area contributed by atoms with Gasteiger partial charge in [0.1, 0.15) is 4.90 Å². The number of benzene rings is 1. The minimum Gasteiger partial charge on any atom is -0.398 e. The third-order valence-electron chi connectivity index (χ3n) is 3.46. The van der Waals surface area contributed by atoms with Crippen molar-refractivity contribution in [3.05, 3.63) is 23.2 Å². The maximum atomic E-state index is 13.0. The molecule has 0 bridgehead atoms. The van der Waals surface area contributed by atoms with E-state index in [1.54, 1.807) is 22.5 Å². The van der Waals surface area contributed by atoms with Gasteiger partial charge < -0.3 is 5.73 Å². The molecule has 0 aromatic heterocycles. The molecule has 0 amide bonds. The number of rotatable bonds is 7. The first-order chi connectivity index (χ1) is 9.75. The van der Waals surface area contributed by atoms with Crippen molar-refractivity contribution in [3.8, 4) is 0 Å². The van der Waals surface area contributed by atoms with Crippen molar-refractivity contribution < 1.29 is 8.42 Å². The van der Waals surface area contributed by atoms with Crippen LogP contribution >= 0.6 is 11.6 Å². The highest BCUT2D eigenvalue weighted by Gasteiger charge is 2.33. The first kappa shape index (κ1) is 18.3. The Morgan fingerprint density at radius 2 is 1.81 bits per heavy atom. The fraction of sp³-hybridized carbons (Fsp3) is 0.600. The second-order valence-electron chi connectivity index (χ2n) is 5.60. The van der Waals surface area contributed by atoms with E-state index >= 15 is 0 Å². The number of halogens is 1. The molecule has 0 aliphatic carbocycles. The van der Waals surface area contributed by atoms with E-state index in [4.69, 9.17) is 17.3 Å². The summed E-state index contributed by atoms with van der Waals surface area (Å²) >= 11 is 6.10. The van der Waals surface area contributed by atoms with E-state index < -0.39 is 10.0 Å². The molecular weight excluding hydrogens is 308 g/mol. The van der Waals surface area contributed by atoms with E-state index in [1.807, 2.05) is 27.7 Å². The number of anilines is 1. The van der Waals surface area contributed by atoms with Crippen LogP contribution in [-0.4, -0.2) is 25.3 Å². The summed E-state index contributed by atoms with van der Waals surface area (Å²) in [5.41, 5.74) is 6.07. The summed E-state index contributed by atoms with van der Waals surface area (Å²) in [6.07, 6.45) is 1.51. The zero-order valence-corrected chi connectivity index (χ0v) is 14.7. The molecule has 0 aliphatic heterocycles. The van der Waals surface area contributed by atoms with Crippen LogP contribution in [0.2, 0.25) is 5.02 Å². The topological polar surface area (TPSA) is 63.4 Å². The molecular formula is C15H25ClN2O2S. The lowest BCUT2D eigenvalue weighted by Gasteiger charge is -2.31. The van der Waals surface area contributed by atoms with Gasteiger partial charge in [0.15, 0.2) is 0 Å². The monoisotopic (exact) mass is 332 g/mol. The molecule has 0 spiro atoms. The second-order valence-corrected chi connectivity index (χ2v) is 7.83. The van der Waals surface area contributed by atoms with Crippen molar-refractivity contribution in [1.29, 1.82) is 0 Å². The van der Waals surface area contributed by atoms with Crippen LogP contribution in [0.3, 0.4) is 0 Å². The molecule has 2 N–H and O–H groups in total. The Morgan fingerprint density at radius 1 is 1.24 bits per heavy atom. The van der Waals surface area contributed by atoms with E-state index in [0.717, 1.165) is 12.8 Å². The molecule has 0 radical (unpaired) electrons. The zero-order valence-electron chi connectivity index (χ0n) is 13.1. The maximum absolute atomic E-state index is 13.0. The number of sulfonamides is 1. The Hall–Kier alpha value is -0.780. The van der Waals surface area contributed by atoms with Crippen LogP contribution < -0.4 is 5.73 Å². The summed E-state index contributed by atoms with van der Waals surface area (Å²) in [4.78, 5) is 0.0271. The van der Waals surface area contributed by atoms with Crippen LogP contribution in [0.4, 0.5) is 5.69 Å². The standard InChI is InChI=1S/C15H25ClN2O2S/c1-5-12(6-2)18(10-11(3)4)21(19,20)15-13(16)8-7-9-14(15)17/h7-9,11-12H,5-6,10,17H2,1-4H3. The number of nitrogens with zero attached hydrogens (tertiary/aromatic N) is 1. The summed E-state index contributed by atoms with van der Waals surface area (Å²) in [5.74, 6) is 0.226. The fourth-order valence-corrected chi connectivity index (χ4v) is 4.99. The lowest BCUT2D eigenvalue weighted by molar-refractivity contribution is 0.277. The third-order valence-corrected chi connectivity index (χ3v) is 5.92. The summed E-state index contributed by atoms with van der Waals surface area (Å²) < 4.78 is 27.6. The van der Waals surface area contributed by atoms with Gasteiger partial charge in [0.05, 0.1) is 10.7 Å². The van der Waals surface area contributed by atoms with Crippen molar-refractivity contribution in [1.82, 2.24) is 4.31 Å². The van der Waals surface area contributed by atoms with Crippen molar-refractivity contribution in [2.75, 3.05) is 12.3 Å². The maximum Gasteiger partial charge on any atom is 0.246 e. The van der Waals surface area contributed by atoms with Crippen LogP contribution in [0.15, 0.2) is 23.1 Å². The minimum atomic E-state index is -3.70. The molecule has 1 rings (SSSR count). The molecule has 0 saturated heterocycles. The van der Waals surface area contributed by atoms with Gasteiger partial charge >= 0.3 is 0 Å². The van der Waals surface area contributed by atoms with Crippen LogP contribution in [0.5, 0.6) is 0 Å². The van der Waals surface area contributed by atoms with E-state index in [0.29, 0.717) is 6.54 Å². The first-order valence-corrected chi connectivity index (χ1v) is 9.13. The van der Waals surface area contributed by atoms with Gasteiger partial charge in [-0.3, -0.25) is 0 Å². The van der Waals surface area contributed by atoms with Crippen LogP contribution in [0.25, 0.3) is 0 Å². The molecule has 0 atom stereocenters. The molecule has 6 heteroatoms. The Kier molecular flexibility index (Phi) is 6.50. The largest absolute Gasteiger partial charge is 0.398 e. The van der Waals surface area contributed by atoms with Gasteiger partial charge in [0.25, 0.3) is 0 Å². The SMILES string of the molecule is CCC(CC)N(CC(C)C)S(=O)(=O)c1c(N)cccc1Cl. The Morgan fingerprint density at radius 3 is 2.24 bits per heavy atom. The first-order valence-electron chi connectivity index (χ1n) is 7.31. The summed E-state index contributed by atoms with van der Waals surface area (Å²) in [6.45, 7) is 8.45. The zero-order chi connectivity index (χ0) is 16.2. The van der Waals surface area contributed by atoms with Gasteiger partial charge in [-0.1, -0.05) is 45.4 Å². The summed E-state index contributed by atoms with van der Waals surface area (Å²) in [6, 6.07) is 4.73. The van der Waals surface area contributed by atoms with Gasteiger partial charge in [-0.15, -0.1) is 0 Å². The molecule has 120 valence electrons. The van der Waals surface area contributed by atoms with E-state index in [9.17, 15) is 8.42 Å². The van der Waals surface area contributed by atoms with Crippen LogP contribution in [0, 0.1) is 5.92 Å². The highest BCUT2D eigenvalue weighted by Crippen LogP contribution is 2.32. The van der Waals surface area contributed by atoms with Crippen molar-refractivity contribution in [2.45, 2.75) is 51.5 Å². The van der Waals surface area contributed by atoms with Gasteiger partial charge in [-0.25, -0.2) is 8.42 Å². The summed E-state index contributed by atoms with van der Waals surface area (Å²) in [5, 5.41) is 0.176. The van der Waals surface area contributed by atoms with Gasteiger partial charge in [-0.2, -0.15) is 4.31 Å². The van der Waals surface area contributed by atoms with Gasteiger partial charge in [0, 0.05) is 12.6 Å². The van der Waals surface area contributed by atoms with Gasteiger partial charge in [0.2, 0.25) is 10.0 Å². The Bertz CT molecular complexity index is 549. The van der Waals surface area contributed by atoms with E-state index in [-0.39, 0.29) is 27.6 Å². The molecule has 0 heterocycles. The van der Waals surface area contributed by atoms with Crippen LogP contribution in [-0.2, 0) is 10.0 Å². The minimum absolute atomic E-state index is 0.0271. The number of hydrogen-bond acceptors (Lipinski definition) is 3. The number of nitrogens with two attached hydrogens (primary N) is 1. The third kappa shape index (κ3) is 4.11. The normalized spacial score (nSPS) is 12.6. The predicted molar refractivity (Wildman–Crippen MR) is 89.0 cm³/mol. The number of hydrogen-bond donors (Lipinski definition) is 1. The molecule has 1 aromatic carbocycles. The molecule has 0 unspecified atom stereocenters. The second kappa shape index (κ2) is 7.47. The van der Waals surface area contributed by atoms with Crippen molar-refractivity contribution >= 4 is 27.3 Å². The average molecular weight is 333 g/mol. The molecule has 0 saturated carbocycles. The molecule has 4 nitrogen and oxygen atoms in total. The lowest BCUT2D eigenvalue weighted by Crippen LogP contribution is -2.42. The van der Waals surface area contributed by atoms with E-state index in [1.165, 1.54) is 0 Å². The van der Waals surface area contributed by atoms with Gasteiger partial charge in [-0.05, 0) is 30.9 Å². The lowest BCUT2D eigenvalue weighted by atomic mass is 10.1. The molecule has 0 aliphatic rings. The van der Waals surface area contributed by atoms with Crippen LogP contribution in [0.1, 0.15) is 40.5 Å². The van der Waals surface area contributed by atoms with Crippen molar-refractivity contribution in [3.63, 3.8) is 0 Å². The quantitative estimate of drug-likeness (QED) is 0.773. The fourth-order valence-electron chi connectivity index (χ4n) is 2.41.